The minimum Gasteiger partial charge on any atom is -0.381 e. The topological polar surface area (TPSA) is 21.3 Å². The van der Waals surface area contributed by atoms with Crippen LogP contribution in [-0.4, -0.2) is 25.3 Å². The molecular weight excluding hydrogens is 210 g/mol. The van der Waals surface area contributed by atoms with Crippen LogP contribution < -0.4 is 5.32 Å². The van der Waals surface area contributed by atoms with Gasteiger partial charge in [0.1, 0.15) is 0 Å². The van der Waals surface area contributed by atoms with E-state index in [1.807, 2.05) is 0 Å². The van der Waals surface area contributed by atoms with Gasteiger partial charge in [0, 0.05) is 18.7 Å². The summed E-state index contributed by atoms with van der Waals surface area (Å²) in [5.74, 6) is 2.53. The SMILES string of the molecule is CC(C)C1CCCC(NC(C)C2CCOC2)C1. The van der Waals surface area contributed by atoms with Crippen LogP contribution in [0.5, 0.6) is 0 Å². The largest absolute Gasteiger partial charge is 0.381 e. The van der Waals surface area contributed by atoms with E-state index in [0.717, 1.165) is 37.0 Å². The molecule has 1 aliphatic carbocycles. The molecule has 0 bridgehead atoms. The van der Waals surface area contributed by atoms with Gasteiger partial charge in [-0.1, -0.05) is 26.7 Å². The quantitative estimate of drug-likeness (QED) is 0.813. The van der Waals surface area contributed by atoms with Crippen molar-refractivity contribution >= 4 is 0 Å². The van der Waals surface area contributed by atoms with Crippen LogP contribution in [0.25, 0.3) is 0 Å². The summed E-state index contributed by atoms with van der Waals surface area (Å²) < 4.78 is 5.49. The Hall–Kier alpha value is -0.0800. The summed E-state index contributed by atoms with van der Waals surface area (Å²) in [5.41, 5.74) is 0. The second kappa shape index (κ2) is 6.19. The van der Waals surface area contributed by atoms with Crippen LogP contribution in [0.3, 0.4) is 0 Å². The van der Waals surface area contributed by atoms with Crippen LogP contribution in [0.2, 0.25) is 0 Å². The Kier molecular flexibility index (Phi) is 4.87. The highest BCUT2D eigenvalue weighted by Crippen LogP contribution is 2.30. The average Bonchev–Trinajstić information content (AvgIpc) is 2.82. The first-order valence-corrected chi connectivity index (χ1v) is 7.50. The van der Waals surface area contributed by atoms with Crippen molar-refractivity contribution in [1.82, 2.24) is 5.32 Å². The molecule has 1 saturated heterocycles. The molecule has 0 amide bonds. The third kappa shape index (κ3) is 3.69. The van der Waals surface area contributed by atoms with Crippen molar-refractivity contribution < 1.29 is 4.74 Å². The van der Waals surface area contributed by atoms with Gasteiger partial charge in [-0.2, -0.15) is 0 Å². The molecule has 1 heterocycles. The van der Waals surface area contributed by atoms with Gasteiger partial charge in [-0.25, -0.2) is 0 Å². The molecule has 17 heavy (non-hydrogen) atoms. The van der Waals surface area contributed by atoms with Crippen molar-refractivity contribution in [2.45, 2.75) is 65.0 Å². The lowest BCUT2D eigenvalue weighted by Gasteiger charge is -2.35. The highest BCUT2D eigenvalue weighted by molar-refractivity contribution is 4.84. The number of rotatable bonds is 4. The van der Waals surface area contributed by atoms with Crippen molar-refractivity contribution in [2.24, 2.45) is 17.8 Å². The second-order valence-corrected chi connectivity index (χ2v) is 6.45. The second-order valence-electron chi connectivity index (χ2n) is 6.45. The fraction of sp³-hybridized carbons (Fsp3) is 1.00. The molecule has 2 nitrogen and oxygen atoms in total. The molecular formula is C15H29NO. The zero-order chi connectivity index (χ0) is 12.3. The Labute approximate surface area is 107 Å². The fourth-order valence-corrected chi connectivity index (χ4v) is 3.44. The van der Waals surface area contributed by atoms with E-state index in [-0.39, 0.29) is 0 Å². The minimum absolute atomic E-state index is 0.633. The molecule has 0 aromatic rings. The van der Waals surface area contributed by atoms with E-state index in [9.17, 15) is 0 Å². The predicted molar refractivity (Wildman–Crippen MR) is 72.1 cm³/mol. The van der Waals surface area contributed by atoms with Crippen LogP contribution in [0.4, 0.5) is 0 Å². The van der Waals surface area contributed by atoms with Crippen molar-refractivity contribution in [3.05, 3.63) is 0 Å². The molecule has 100 valence electrons. The van der Waals surface area contributed by atoms with E-state index in [1.54, 1.807) is 0 Å². The van der Waals surface area contributed by atoms with E-state index in [0.29, 0.717) is 6.04 Å². The lowest BCUT2D eigenvalue weighted by molar-refractivity contribution is 0.168. The first kappa shape index (κ1) is 13.4. The molecule has 0 spiro atoms. The smallest absolute Gasteiger partial charge is 0.0509 e. The van der Waals surface area contributed by atoms with Crippen LogP contribution >= 0.6 is 0 Å². The summed E-state index contributed by atoms with van der Waals surface area (Å²) in [6, 6.07) is 1.39. The van der Waals surface area contributed by atoms with Crippen molar-refractivity contribution in [2.75, 3.05) is 13.2 Å². The molecule has 2 aliphatic rings. The summed E-state index contributed by atoms with van der Waals surface area (Å²) in [5, 5.41) is 3.87. The van der Waals surface area contributed by atoms with Crippen molar-refractivity contribution in [3.8, 4) is 0 Å². The molecule has 0 aromatic heterocycles. The maximum absolute atomic E-state index is 5.49. The maximum Gasteiger partial charge on any atom is 0.0509 e. The minimum atomic E-state index is 0.633. The summed E-state index contributed by atoms with van der Waals surface area (Å²) in [6.45, 7) is 9.03. The fourth-order valence-electron chi connectivity index (χ4n) is 3.44. The molecule has 1 N–H and O–H groups in total. The van der Waals surface area contributed by atoms with Gasteiger partial charge in [-0.3, -0.25) is 0 Å². The molecule has 1 saturated carbocycles. The summed E-state index contributed by atoms with van der Waals surface area (Å²) in [6.07, 6.45) is 6.86. The van der Waals surface area contributed by atoms with Gasteiger partial charge in [0.15, 0.2) is 0 Å². The number of ether oxygens (including phenoxy) is 1. The van der Waals surface area contributed by atoms with Gasteiger partial charge in [0.2, 0.25) is 0 Å². The lowest BCUT2D eigenvalue weighted by Crippen LogP contribution is -2.44. The van der Waals surface area contributed by atoms with Gasteiger partial charge >= 0.3 is 0 Å². The lowest BCUT2D eigenvalue weighted by atomic mass is 9.79. The van der Waals surface area contributed by atoms with Gasteiger partial charge in [0.25, 0.3) is 0 Å². The zero-order valence-electron chi connectivity index (χ0n) is 11.7. The van der Waals surface area contributed by atoms with E-state index in [4.69, 9.17) is 4.74 Å². The summed E-state index contributed by atoms with van der Waals surface area (Å²) >= 11 is 0. The molecule has 4 unspecified atom stereocenters. The Morgan fingerprint density at radius 2 is 1.88 bits per heavy atom. The molecule has 2 heteroatoms. The zero-order valence-corrected chi connectivity index (χ0v) is 11.7. The number of hydrogen-bond donors (Lipinski definition) is 1. The molecule has 2 fully saturated rings. The third-order valence-corrected chi connectivity index (χ3v) is 4.83. The molecule has 0 aromatic carbocycles. The van der Waals surface area contributed by atoms with Crippen molar-refractivity contribution in [1.29, 1.82) is 0 Å². The molecule has 1 aliphatic heterocycles. The predicted octanol–water partition coefficient (Wildman–Crippen LogP) is 3.22. The Bertz CT molecular complexity index is 223. The van der Waals surface area contributed by atoms with Crippen LogP contribution in [0.1, 0.15) is 52.9 Å². The van der Waals surface area contributed by atoms with Gasteiger partial charge in [0.05, 0.1) is 6.61 Å². The Morgan fingerprint density at radius 1 is 1.06 bits per heavy atom. The average molecular weight is 239 g/mol. The molecule has 4 atom stereocenters. The first-order valence-electron chi connectivity index (χ1n) is 7.50. The normalized spacial score (nSPS) is 36.4. The van der Waals surface area contributed by atoms with E-state index in [1.165, 1.54) is 32.1 Å². The summed E-state index contributed by atoms with van der Waals surface area (Å²) in [4.78, 5) is 0. The Morgan fingerprint density at radius 3 is 2.53 bits per heavy atom. The Balaban J connectivity index is 1.77. The van der Waals surface area contributed by atoms with E-state index in [2.05, 4.69) is 26.1 Å². The van der Waals surface area contributed by atoms with Crippen LogP contribution in [0, 0.1) is 17.8 Å². The van der Waals surface area contributed by atoms with Gasteiger partial charge < -0.3 is 10.1 Å². The molecule has 0 radical (unpaired) electrons. The maximum atomic E-state index is 5.49. The third-order valence-electron chi connectivity index (χ3n) is 4.83. The highest BCUT2D eigenvalue weighted by atomic mass is 16.5. The van der Waals surface area contributed by atoms with Crippen LogP contribution in [-0.2, 0) is 4.74 Å². The highest BCUT2D eigenvalue weighted by Gasteiger charge is 2.28. The first-order chi connectivity index (χ1) is 8.16. The van der Waals surface area contributed by atoms with Crippen LogP contribution in [0.15, 0.2) is 0 Å². The monoisotopic (exact) mass is 239 g/mol. The van der Waals surface area contributed by atoms with Gasteiger partial charge in [-0.05, 0) is 43.9 Å². The van der Waals surface area contributed by atoms with E-state index >= 15 is 0 Å². The number of hydrogen-bond acceptors (Lipinski definition) is 2. The standard InChI is InChI=1S/C15H29NO/c1-11(2)13-5-4-6-15(9-13)16-12(3)14-7-8-17-10-14/h11-16H,4-10H2,1-3H3. The summed E-state index contributed by atoms with van der Waals surface area (Å²) in [7, 11) is 0. The number of nitrogens with one attached hydrogen (secondary N) is 1. The van der Waals surface area contributed by atoms with E-state index < -0.39 is 0 Å². The van der Waals surface area contributed by atoms with Gasteiger partial charge in [-0.15, -0.1) is 0 Å². The van der Waals surface area contributed by atoms with Crippen molar-refractivity contribution in [3.63, 3.8) is 0 Å². The molecule has 2 rings (SSSR count).